The monoisotopic (exact) mass is 381 g/mol. The molecule has 4 rings (SSSR count). The van der Waals surface area contributed by atoms with Crippen LogP contribution in [0.5, 0.6) is 11.5 Å². The van der Waals surface area contributed by atoms with Gasteiger partial charge in [-0.3, -0.25) is 9.78 Å². The lowest BCUT2D eigenvalue weighted by Crippen LogP contribution is -2.28. The normalized spacial score (nSPS) is 19.0. The van der Waals surface area contributed by atoms with E-state index >= 15 is 0 Å². The summed E-state index contributed by atoms with van der Waals surface area (Å²) in [5, 5.41) is 6.92. The Hall–Kier alpha value is -3.09. The van der Waals surface area contributed by atoms with Crippen LogP contribution < -0.4 is 14.8 Å². The molecule has 146 valence electrons. The minimum Gasteiger partial charge on any atom is -0.493 e. The number of ether oxygens (including phenoxy) is 2. The SMILES string of the molecule is COc1ccc(NC(=O)[C@H]2CC(c3cccnc3)=NO2)cc1OC1CCCC1. The summed E-state index contributed by atoms with van der Waals surface area (Å²) in [6.45, 7) is 0. The molecular weight excluding hydrogens is 358 g/mol. The van der Waals surface area contributed by atoms with E-state index in [-0.39, 0.29) is 12.0 Å². The number of aromatic nitrogens is 1. The summed E-state index contributed by atoms with van der Waals surface area (Å²) in [4.78, 5) is 22.0. The second-order valence-corrected chi connectivity index (χ2v) is 6.96. The number of nitrogens with zero attached hydrogens (tertiary/aromatic N) is 2. The molecule has 1 amide bonds. The third kappa shape index (κ3) is 4.08. The van der Waals surface area contributed by atoms with Crippen LogP contribution in [0.15, 0.2) is 47.9 Å². The van der Waals surface area contributed by atoms with Crippen molar-refractivity contribution in [3.05, 3.63) is 48.3 Å². The first-order valence-electron chi connectivity index (χ1n) is 9.51. The molecule has 1 atom stereocenters. The maximum absolute atomic E-state index is 12.6. The van der Waals surface area contributed by atoms with Crippen LogP contribution in [-0.4, -0.2) is 35.9 Å². The average molecular weight is 381 g/mol. The lowest BCUT2D eigenvalue weighted by Gasteiger charge is -2.17. The van der Waals surface area contributed by atoms with Crippen LogP contribution in [0.3, 0.4) is 0 Å². The van der Waals surface area contributed by atoms with Crippen LogP contribution in [-0.2, 0) is 9.63 Å². The molecule has 7 heteroatoms. The van der Waals surface area contributed by atoms with Crippen molar-refractivity contribution in [3.8, 4) is 11.5 Å². The number of carbonyl (C=O) groups excluding carboxylic acids is 1. The third-order valence-electron chi connectivity index (χ3n) is 4.98. The molecule has 1 aromatic heterocycles. The van der Waals surface area contributed by atoms with Crippen molar-refractivity contribution in [1.82, 2.24) is 4.98 Å². The van der Waals surface area contributed by atoms with Gasteiger partial charge in [0.25, 0.3) is 5.91 Å². The predicted molar refractivity (Wildman–Crippen MR) is 105 cm³/mol. The first kappa shape index (κ1) is 18.3. The van der Waals surface area contributed by atoms with Crippen LogP contribution in [0.2, 0.25) is 0 Å². The number of anilines is 1. The molecule has 0 unspecified atom stereocenters. The Morgan fingerprint density at radius 2 is 2.07 bits per heavy atom. The smallest absolute Gasteiger partial charge is 0.268 e. The largest absolute Gasteiger partial charge is 0.493 e. The number of oxime groups is 1. The van der Waals surface area contributed by atoms with Gasteiger partial charge in [0.2, 0.25) is 6.10 Å². The summed E-state index contributed by atoms with van der Waals surface area (Å²) >= 11 is 0. The number of carbonyl (C=O) groups is 1. The highest BCUT2D eigenvalue weighted by Gasteiger charge is 2.29. The molecule has 1 N–H and O–H groups in total. The maximum atomic E-state index is 12.6. The second kappa shape index (κ2) is 8.29. The van der Waals surface area contributed by atoms with E-state index < -0.39 is 6.10 Å². The van der Waals surface area contributed by atoms with Gasteiger partial charge in [-0.25, -0.2) is 0 Å². The van der Waals surface area contributed by atoms with Crippen molar-refractivity contribution in [2.75, 3.05) is 12.4 Å². The number of benzene rings is 1. The van der Waals surface area contributed by atoms with E-state index in [4.69, 9.17) is 14.3 Å². The Morgan fingerprint density at radius 1 is 1.21 bits per heavy atom. The van der Waals surface area contributed by atoms with Gasteiger partial charge in [-0.05, 0) is 49.9 Å². The zero-order valence-corrected chi connectivity index (χ0v) is 15.8. The standard InChI is InChI=1S/C21H23N3O4/c1-26-18-9-8-15(11-19(18)27-16-6-2-3-7-16)23-21(25)20-12-17(24-28-20)14-5-4-10-22-13-14/h4-5,8-11,13,16,20H,2-3,6-7,12H2,1H3,(H,23,25)/t20-/m1/s1. The molecule has 1 saturated carbocycles. The summed E-state index contributed by atoms with van der Waals surface area (Å²) in [5.41, 5.74) is 2.21. The lowest BCUT2D eigenvalue weighted by atomic mass is 10.1. The molecular formula is C21H23N3O4. The number of pyridine rings is 1. The van der Waals surface area contributed by atoms with Crippen molar-refractivity contribution in [2.45, 2.75) is 44.3 Å². The number of rotatable bonds is 6. The van der Waals surface area contributed by atoms with E-state index in [2.05, 4.69) is 15.5 Å². The predicted octanol–water partition coefficient (Wildman–Crippen LogP) is 3.54. The fraction of sp³-hybridized carbons (Fsp3) is 0.381. The molecule has 1 aliphatic carbocycles. The third-order valence-corrected chi connectivity index (χ3v) is 4.98. The number of hydrogen-bond acceptors (Lipinski definition) is 6. The Balaban J connectivity index is 1.40. The zero-order chi connectivity index (χ0) is 19.3. The molecule has 0 bridgehead atoms. The minimum atomic E-state index is -0.670. The van der Waals surface area contributed by atoms with Gasteiger partial charge in [0, 0.05) is 36.1 Å². The van der Waals surface area contributed by atoms with Crippen LogP contribution in [0.4, 0.5) is 5.69 Å². The fourth-order valence-corrected chi connectivity index (χ4v) is 3.48. The summed E-state index contributed by atoms with van der Waals surface area (Å²) in [7, 11) is 1.61. The Morgan fingerprint density at radius 3 is 2.82 bits per heavy atom. The van der Waals surface area contributed by atoms with Crippen molar-refractivity contribution in [3.63, 3.8) is 0 Å². The maximum Gasteiger partial charge on any atom is 0.268 e. The summed E-state index contributed by atoms with van der Waals surface area (Å²) < 4.78 is 11.5. The molecule has 0 spiro atoms. The highest BCUT2D eigenvalue weighted by Crippen LogP contribution is 2.34. The Kier molecular flexibility index (Phi) is 5.41. The van der Waals surface area contributed by atoms with Gasteiger partial charge >= 0.3 is 0 Å². The average Bonchev–Trinajstić information content (AvgIpc) is 3.41. The van der Waals surface area contributed by atoms with E-state index in [1.165, 1.54) is 12.8 Å². The highest BCUT2D eigenvalue weighted by molar-refractivity contribution is 6.06. The number of hydrogen-bond donors (Lipinski definition) is 1. The minimum absolute atomic E-state index is 0.202. The molecule has 2 heterocycles. The zero-order valence-electron chi connectivity index (χ0n) is 15.8. The Labute approximate surface area is 163 Å². The molecule has 1 aromatic carbocycles. The van der Waals surface area contributed by atoms with Crippen molar-refractivity contribution >= 4 is 17.3 Å². The number of methoxy groups -OCH3 is 1. The summed E-state index contributed by atoms with van der Waals surface area (Å²) in [6.07, 6.45) is 7.79. The van der Waals surface area contributed by atoms with Gasteiger partial charge < -0.3 is 19.6 Å². The van der Waals surface area contributed by atoms with E-state index in [0.29, 0.717) is 29.3 Å². The van der Waals surface area contributed by atoms with Gasteiger partial charge in [-0.15, -0.1) is 0 Å². The van der Waals surface area contributed by atoms with E-state index in [0.717, 1.165) is 18.4 Å². The van der Waals surface area contributed by atoms with Crippen molar-refractivity contribution < 1.29 is 19.1 Å². The van der Waals surface area contributed by atoms with Crippen LogP contribution in [0, 0.1) is 0 Å². The summed E-state index contributed by atoms with van der Waals surface area (Å²) in [5.74, 6) is 1.05. The molecule has 2 aromatic rings. The first-order chi connectivity index (χ1) is 13.7. The van der Waals surface area contributed by atoms with Gasteiger partial charge in [0.15, 0.2) is 11.5 Å². The van der Waals surface area contributed by atoms with Crippen LogP contribution in [0.1, 0.15) is 37.7 Å². The van der Waals surface area contributed by atoms with E-state index in [1.54, 1.807) is 37.7 Å². The lowest BCUT2D eigenvalue weighted by molar-refractivity contribution is -0.125. The van der Waals surface area contributed by atoms with E-state index in [9.17, 15) is 4.79 Å². The molecule has 1 fully saturated rings. The molecule has 2 aliphatic rings. The van der Waals surface area contributed by atoms with Crippen molar-refractivity contribution in [2.24, 2.45) is 5.16 Å². The molecule has 0 radical (unpaired) electrons. The molecule has 7 nitrogen and oxygen atoms in total. The number of amides is 1. The number of nitrogens with one attached hydrogen (secondary N) is 1. The van der Waals surface area contributed by atoms with Gasteiger partial charge in [-0.2, -0.15) is 0 Å². The molecule has 28 heavy (non-hydrogen) atoms. The molecule has 0 saturated heterocycles. The highest BCUT2D eigenvalue weighted by atomic mass is 16.6. The Bertz CT molecular complexity index is 863. The van der Waals surface area contributed by atoms with Crippen molar-refractivity contribution in [1.29, 1.82) is 0 Å². The van der Waals surface area contributed by atoms with Gasteiger partial charge in [-0.1, -0.05) is 5.16 Å². The fourth-order valence-electron chi connectivity index (χ4n) is 3.48. The first-order valence-corrected chi connectivity index (χ1v) is 9.51. The van der Waals surface area contributed by atoms with Crippen LogP contribution >= 0.6 is 0 Å². The van der Waals surface area contributed by atoms with Crippen LogP contribution in [0.25, 0.3) is 0 Å². The van der Waals surface area contributed by atoms with Gasteiger partial charge in [0.05, 0.1) is 18.9 Å². The second-order valence-electron chi connectivity index (χ2n) is 6.96. The topological polar surface area (TPSA) is 82.0 Å². The van der Waals surface area contributed by atoms with Gasteiger partial charge in [0.1, 0.15) is 0 Å². The molecule has 1 aliphatic heterocycles. The van der Waals surface area contributed by atoms with E-state index in [1.807, 2.05) is 12.1 Å². The summed E-state index contributed by atoms with van der Waals surface area (Å²) in [6, 6.07) is 9.11. The quantitative estimate of drug-likeness (QED) is 0.828.